The Morgan fingerprint density at radius 1 is 1.32 bits per heavy atom. The first-order chi connectivity index (χ1) is 9.55. The fraction of sp³-hybridized carbons (Fsp3) is 0.615. The Morgan fingerprint density at radius 2 is 1.91 bits per heavy atom. The zero-order valence-electron chi connectivity index (χ0n) is 13.4. The molecular formula is C13H24ClN3O4S. The van der Waals surface area contributed by atoms with E-state index in [1.54, 1.807) is 27.8 Å². The standard InChI is InChI=1S/C13H23N3O4S.ClH/c1-9(14-5)8-15-12(17)10-6-7-11(20-10)21(18,19)16-13(2,3)4;/h6-7,9,14,16H,8H2,1-5H3,(H,15,17);1H. The highest BCUT2D eigenvalue weighted by Gasteiger charge is 2.26. The number of furan rings is 1. The van der Waals surface area contributed by atoms with Crippen LogP contribution in [0, 0.1) is 0 Å². The lowest BCUT2D eigenvalue weighted by molar-refractivity contribution is 0.0917. The summed E-state index contributed by atoms with van der Waals surface area (Å²) in [5.74, 6) is -0.484. The van der Waals surface area contributed by atoms with Crippen molar-refractivity contribution < 1.29 is 17.6 Å². The number of sulfonamides is 1. The van der Waals surface area contributed by atoms with E-state index in [0.717, 1.165) is 0 Å². The fourth-order valence-electron chi connectivity index (χ4n) is 1.47. The van der Waals surface area contributed by atoms with Crippen LogP contribution in [0.1, 0.15) is 38.2 Å². The van der Waals surface area contributed by atoms with E-state index < -0.39 is 21.5 Å². The number of carbonyl (C=O) groups excluding carboxylic acids is 1. The van der Waals surface area contributed by atoms with Crippen molar-refractivity contribution in [2.75, 3.05) is 13.6 Å². The highest BCUT2D eigenvalue weighted by molar-refractivity contribution is 7.89. The van der Waals surface area contributed by atoms with Crippen LogP contribution in [-0.2, 0) is 10.0 Å². The van der Waals surface area contributed by atoms with Gasteiger partial charge in [0.2, 0.25) is 5.09 Å². The van der Waals surface area contributed by atoms with Crippen molar-refractivity contribution in [1.82, 2.24) is 15.4 Å². The first-order valence-corrected chi connectivity index (χ1v) is 8.13. The van der Waals surface area contributed by atoms with Crippen molar-refractivity contribution in [2.45, 2.75) is 44.4 Å². The van der Waals surface area contributed by atoms with Crippen molar-refractivity contribution in [3.63, 3.8) is 0 Å². The van der Waals surface area contributed by atoms with Crippen LogP contribution in [0.15, 0.2) is 21.6 Å². The lowest BCUT2D eigenvalue weighted by Crippen LogP contribution is -2.40. The van der Waals surface area contributed by atoms with Gasteiger partial charge in [-0.25, -0.2) is 13.1 Å². The molecule has 0 aliphatic rings. The number of rotatable bonds is 6. The van der Waals surface area contributed by atoms with Crippen LogP contribution in [0.25, 0.3) is 0 Å². The molecule has 0 aliphatic heterocycles. The second-order valence-corrected chi connectivity index (χ2v) is 7.49. The molecule has 9 heteroatoms. The molecule has 0 spiro atoms. The minimum atomic E-state index is -3.78. The summed E-state index contributed by atoms with van der Waals surface area (Å²) in [6, 6.07) is 2.72. The molecule has 1 atom stereocenters. The second-order valence-electron chi connectivity index (χ2n) is 5.87. The van der Waals surface area contributed by atoms with E-state index in [1.165, 1.54) is 12.1 Å². The summed E-state index contributed by atoms with van der Waals surface area (Å²) in [5, 5.41) is 5.35. The number of hydrogen-bond donors (Lipinski definition) is 3. The predicted octanol–water partition coefficient (Wildman–Crippen LogP) is 1.12. The summed E-state index contributed by atoms with van der Waals surface area (Å²) in [4.78, 5) is 11.8. The number of halogens is 1. The number of likely N-dealkylation sites (N-methyl/N-ethyl adjacent to an activating group) is 1. The van der Waals surface area contributed by atoms with Crippen molar-refractivity contribution in [3.05, 3.63) is 17.9 Å². The maximum atomic E-state index is 12.0. The van der Waals surface area contributed by atoms with Gasteiger partial charge in [0.05, 0.1) is 0 Å². The van der Waals surface area contributed by atoms with Crippen LogP contribution in [0.2, 0.25) is 0 Å². The van der Waals surface area contributed by atoms with Crippen molar-refractivity contribution in [3.8, 4) is 0 Å². The highest BCUT2D eigenvalue weighted by atomic mass is 35.5. The number of carbonyl (C=O) groups is 1. The second kappa shape index (κ2) is 7.96. The molecule has 0 saturated carbocycles. The van der Waals surface area contributed by atoms with Crippen LogP contribution in [-0.4, -0.2) is 39.5 Å². The van der Waals surface area contributed by atoms with Crippen LogP contribution in [0.5, 0.6) is 0 Å². The summed E-state index contributed by atoms with van der Waals surface area (Å²) >= 11 is 0. The molecule has 1 aromatic heterocycles. The first-order valence-electron chi connectivity index (χ1n) is 6.64. The molecule has 1 unspecified atom stereocenters. The predicted molar refractivity (Wildman–Crippen MR) is 86.9 cm³/mol. The van der Waals surface area contributed by atoms with Crippen LogP contribution < -0.4 is 15.4 Å². The van der Waals surface area contributed by atoms with Gasteiger partial charge in [-0.3, -0.25) is 4.79 Å². The third-order valence-electron chi connectivity index (χ3n) is 2.57. The van der Waals surface area contributed by atoms with Gasteiger partial charge >= 0.3 is 0 Å². The van der Waals surface area contributed by atoms with Gasteiger partial charge in [0.1, 0.15) is 0 Å². The smallest absolute Gasteiger partial charge is 0.287 e. The third kappa shape index (κ3) is 6.35. The molecule has 1 rings (SSSR count). The van der Waals surface area contributed by atoms with Gasteiger partial charge in [0, 0.05) is 18.1 Å². The molecule has 128 valence electrons. The van der Waals surface area contributed by atoms with Crippen LogP contribution in [0.3, 0.4) is 0 Å². The zero-order chi connectivity index (χ0) is 16.3. The molecule has 0 fully saturated rings. The van der Waals surface area contributed by atoms with E-state index in [9.17, 15) is 13.2 Å². The Kier molecular flexibility index (Phi) is 7.56. The van der Waals surface area contributed by atoms with Gasteiger partial charge in [-0.05, 0) is 46.9 Å². The van der Waals surface area contributed by atoms with E-state index in [4.69, 9.17) is 4.42 Å². The lowest BCUT2D eigenvalue weighted by atomic mass is 10.1. The van der Waals surface area contributed by atoms with E-state index in [0.29, 0.717) is 6.54 Å². The van der Waals surface area contributed by atoms with Gasteiger partial charge in [0.25, 0.3) is 15.9 Å². The van der Waals surface area contributed by atoms with E-state index in [2.05, 4.69) is 15.4 Å². The molecular weight excluding hydrogens is 330 g/mol. The molecule has 1 heterocycles. The molecule has 1 aromatic rings. The normalized spacial score (nSPS) is 13.3. The molecule has 0 saturated heterocycles. The Balaban J connectivity index is 0.00000441. The average Bonchev–Trinajstić information content (AvgIpc) is 2.82. The summed E-state index contributed by atoms with van der Waals surface area (Å²) in [7, 11) is -1.99. The first kappa shape index (κ1) is 20.9. The van der Waals surface area contributed by atoms with Gasteiger partial charge in [0.15, 0.2) is 5.76 Å². The van der Waals surface area contributed by atoms with E-state index in [1.807, 2.05) is 6.92 Å². The van der Waals surface area contributed by atoms with Gasteiger partial charge < -0.3 is 15.1 Å². The number of nitrogens with one attached hydrogen (secondary N) is 3. The van der Waals surface area contributed by atoms with Gasteiger partial charge in [-0.15, -0.1) is 12.4 Å². The maximum Gasteiger partial charge on any atom is 0.287 e. The molecule has 0 bridgehead atoms. The summed E-state index contributed by atoms with van der Waals surface area (Å²) < 4.78 is 31.7. The average molecular weight is 354 g/mol. The third-order valence-corrected chi connectivity index (χ3v) is 4.20. The molecule has 22 heavy (non-hydrogen) atoms. The van der Waals surface area contributed by atoms with Crippen molar-refractivity contribution in [1.29, 1.82) is 0 Å². The Bertz CT molecular complexity index is 593. The van der Waals surface area contributed by atoms with Gasteiger partial charge in [-0.2, -0.15) is 0 Å². The summed E-state index contributed by atoms with van der Waals surface area (Å²) in [6.45, 7) is 7.49. The number of amides is 1. The Labute approximate surface area is 137 Å². The number of hydrogen-bond acceptors (Lipinski definition) is 5. The molecule has 1 amide bonds. The molecule has 0 aromatic carbocycles. The van der Waals surface area contributed by atoms with Crippen molar-refractivity contribution >= 4 is 28.3 Å². The molecule has 0 radical (unpaired) electrons. The van der Waals surface area contributed by atoms with Gasteiger partial charge in [-0.1, -0.05) is 0 Å². The summed E-state index contributed by atoms with van der Waals surface area (Å²) in [6.07, 6.45) is 0. The molecule has 3 N–H and O–H groups in total. The highest BCUT2D eigenvalue weighted by Crippen LogP contribution is 2.16. The Hall–Kier alpha value is -1.09. The largest absolute Gasteiger partial charge is 0.438 e. The minimum absolute atomic E-state index is 0. The van der Waals surface area contributed by atoms with E-state index in [-0.39, 0.29) is 29.3 Å². The topological polar surface area (TPSA) is 100 Å². The maximum absolute atomic E-state index is 12.0. The lowest BCUT2D eigenvalue weighted by Gasteiger charge is -2.19. The molecule has 0 aliphatic carbocycles. The zero-order valence-corrected chi connectivity index (χ0v) is 15.0. The summed E-state index contributed by atoms with van der Waals surface area (Å²) in [5.41, 5.74) is -0.629. The van der Waals surface area contributed by atoms with Crippen molar-refractivity contribution in [2.24, 2.45) is 0 Å². The molecule has 7 nitrogen and oxygen atoms in total. The van der Waals surface area contributed by atoms with E-state index >= 15 is 0 Å². The van der Waals surface area contributed by atoms with Crippen LogP contribution >= 0.6 is 12.4 Å². The quantitative estimate of drug-likeness (QED) is 0.711. The minimum Gasteiger partial charge on any atom is -0.438 e. The monoisotopic (exact) mass is 353 g/mol. The fourth-order valence-corrected chi connectivity index (χ4v) is 2.83. The SMILES string of the molecule is CNC(C)CNC(=O)c1ccc(S(=O)(=O)NC(C)(C)C)o1.Cl. The Morgan fingerprint density at radius 3 is 2.41 bits per heavy atom. The van der Waals surface area contributed by atoms with Crippen LogP contribution in [0.4, 0.5) is 0 Å².